The van der Waals surface area contributed by atoms with Crippen molar-refractivity contribution in [3.05, 3.63) is 41.7 Å². The second kappa shape index (κ2) is 6.10. The lowest BCUT2D eigenvalue weighted by Gasteiger charge is -2.35. The van der Waals surface area contributed by atoms with Crippen LogP contribution >= 0.6 is 0 Å². The third-order valence-electron chi connectivity index (χ3n) is 3.78. The van der Waals surface area contributed by atoms with E-state index in [1.807, 2.05) is 0 Å². The molecule has 0 N–H and O–H groups in total. The second-order valence-electron chi connectivity index (χ2n) is 5.50. The number of halogens is 3. The molecule has 1 aliphatic rings. The predicted octanol–water partition coefficient (Wildman–Crippen LogP) is 3.33. The van der Waals surface area contributed by atoms with E-state index in [1.54, 1.807) is 30.3 Å². The summed E-state index contributed by atoms with van der Waals surface area (Å²) in [6, 6.07) is 2.47. The number of rotatable bonds is 2. The average Bonchev–Trinajstić information content (AvgIpc) is 2.54. The summed E-state index contributed by atoms with van der Waals surface area (Å²) in [5.41, 5.74) is -0.626. The Morgan fingerprint density at radius 1 is 1.13 bits per heavy atom. The molecule has 2 aromatic rings. The van der Waals surface area contributed by atoms with Gasteiger partial charge in [0.2, 0.25) is 5.95 Å². The summed E-state index contributed by atoms with van der Waals surface area (Å²) in [4.78, 5) is 18.2. The molecule has 1 atom stereocenters. The van der Waals surface area contributed by atoms with Crippen LogP contribution < -0.4 is 4.90 Å². The molecule has 0 amide bonds. The first-order valence-electron chi connectivity index (χ1n) is 7.41. The van der Waals surface area contributed by atoms with E-state index >= 15 is 0 Å². The van der Waals surface area contributed by atoms with Crippen LogP contribution in [0.4, 0.5) is 19.1 Å². The molecule has 23 heavy (non-hydrogen) atoms. The number of aryl methyl sites for hydroxylation is 1. The quantitative estimate of drug-likeness (QED) is 0.848. The largest absolute Gasteiger partial charge is 0.433 e. The standard InChI is InChI=1S/C15H16F3N5/c1-10-9-12(15(16,17)18)22-14(21-10)23-8-3-2-5-11(23)13-19-6-4-7-20-13/h4,6-7,9,11H,2-3,5,8H2,1H3. The Kier molecular flexibility index (Phi) is 4.14. The van der Waals surface area contributed by atoms with Gasteiger partial charge in [0.15, 0.2) is 5.82 Å². The molecule has 3 rings (SSSR count). The average molecular weight is 323 g/mol. The number of alkyl halides is 3. The van der Waals surface area contributed by atoms with E-state index in [0.29, 0.717) is 18.1 Å². The third-order valence-corrected chi connectivity index (χ3v) is 3.78. The molecule has 1 saturated heterocycles. The molecule has 0 spiro atoms. The lowest BCUT2D eigenvalue weighted by atomic mass is 10.0. The minimum absolute atomic E-state index is 0.0921. The van der Waals surface area contributed by atoms with Crippen molar-refractivity contribution in [3.63, 3.8) is 0 Å². The minimum Gasteiger partial charge on any atom is -0.331 e. The number of hydrogen-bond acceptors (Lipinski definition) is 5. The first-order chi connectivity index (χ1) is 10.9. The summed E-state index contributed by atoms with van der Waals surface area (Å²) in [6.45, 7) is 2.13. The highest BCUT2D eigenvalue weighted by Gasteiger charge is 2.35. The van der Waals surface area contributed by atoms with Gasteiger partial charge < -0.3 is 4.90 Å². The smallest absolute Gasteiger partial charge is 0.331 e. The fourth-order valence-corrected chi connectivity index (χ4v) is 2.75. The maximum Gasteiger partial charge on any atom is 0.433 e. The Hall–Kier alpha value is -2.25. The van der Waals surface area contributed by atoms with Crippen molar-refractivity contribution >= 4 is 5.95 Å². The highest BCUT2D eigenvalue weighted by atomic mass is 19.4. The number of aromatic nitrogens is 4. The zero-order chi connectivity index (χ0) is 16.4. The van der Waals surface area contributed by atoms with Crippen LogP contribution in [0.15, 0.2) is 24.5 Å². The lowest BCUT2D eigenvalue weighted by Crippen LogP contribution is -2.36. The number of hydrogen-bond donors (Lipinski definition) is 0. The molecule has 0 bridgehead atoms. The van der Waals surface area contributed by atoms with Crippen LogP contribution in [0.5, 0.6) is 0 Å². The summed E-state index contributed by atoms with van der Waals surface area (Å²) < 4.78 is 39.0. The van der Waals surface area contributed by atoms with Gasteiger partial charge in [-0.3, -0.25) is 0 Å². The maximum atomic E-state index is 13.0. The SMILES string of the molecule is Cc1cc(C(F)(F)F)nc(N2CCCCC2c2ncccn2)n1. The van der Waals surface area contributed by atoms with Crippen molar-refractivity contribution in [1.82, 2.24) is 19.9 Å². The molecule has 122 valence electrons. The van der Waals surface area contributed by atoms with E-state index in [2.05, 4.69) is 19.9 Å². The number of nitrogens with zero attached hydrogens (tertiary/aromatic N) is 5. The van der Waals surface area contributed by atoms with Crippen LogP contribution in [0.25, 0.3) is 0 Å². The molecule has 8 heteroatoms. The van der Waals surface area contributed by atoms with Gasteiger partial charge in [-0.25, -0.2) is 19.9 Å². The van der Waals surface area contributed by atoms with Crippen molar-refractivity contribution in [2.75, 3.05) is 11.4 Å². The molecule has 5 nitrogen and oxygen atoms in total. The molecule has 1 unspecified atom stereocenters. The van der Waals surface area contributed by atoms with Crippen molar-refractivity contribution in [2.45, 2.75) is 38.4 Å². The van der Waals surface area contributed by atoms with Crippen LogP contribution in [0.1, 0.15) is 42.5 Å². The first-order valence-corrected chi connectivity index (χ1v) is 7.41. The second-order valence-corrected chi connectivity index (χ2v) is 5.50. The highest BCUT2D eigenvalue weighted by Crippen LogP contribution is 2.34. The van der Waals surface area contributed by atoms with Gasteiger partial charge in [0.25, 0.3) is 0 Å². The molecule has 1 aliphatic heterocycles. The van der Waals surface area contributed by atoms with E-state index in [4.69, 9.17) is 0 Å². The van der Waals surface area contributed by atoms with E-state index in [-0.39, 0.29) is 12.0 Å². The molecule has 0 aliphatic carbocycles. The van der Waals surface area contributed by atoms with Gasteiger partial charge in [-0.1, -0.05) is 0 Å². The lowest BCUT2D eigenvalue weighted by molar-refractivity contribution is -0.141. The zero-order valence-electron chi connectivity index (χ0n) is 12.6. The van der Waals surface area contributed by atoms with Crippen molar-refractivity contribution in [1.29, 1.82) is 0 Å². The Labute approximate surface area is 131 Å². The predicted molar refractivity (Wildman–Crippen MR) is 77.7 cm³/mol. The molecule has 0 radical (unpaired) electrons. The van der Waals surface area contributed by atoms with E-state index in [1.165, 1.54) is 0 Å². The van der Waals surface area contributed by atoms with Gasteiger partial charge in [0.05, 0.1) is 6.04 Å². The summed E-state index contributed by atoms with van der Waals surface area (Å²) in [6.07, 6.45) is 1.39. The third kappa shape index (κ3) is 3.40. The van der Waals surface area contributed by atoms with Gasteiger partial charge in [-0.15, -0.1) is 0 Å². The molecule has 0 saturated carbocycles. The maximum absolute atomic E-state index is 13.0. The topological polar surface area (TPSA) is 54.8 Å². The van der Waals surface area contributed by atoms with Gasteiger partial charge in [0.1, 0.15) is 5.69 Å². The number of piperidine rings is 1. The van der Waals surface area contributed by atoms with Crippen LogP contribution in [-0.2, 0) is 6.18 Å². The van der Waals surface area contributed by atoms with Gasteiger partial charge in [-0.2, -0.15) is 13.2 Å². The van der Waals surface area contributed by atoms with Gasteiger partial charge in [0, 0.05) is 24.6 Å². The van der Waals surface area contributed by atoms with Gasteiger partial charge in [-0.05, 0) is 38.3 Å². The van der Waals surface area contributed by atoms with E-state index in [9.17, 15) is 13.2 Å². The Bertz CT molecular complexity index is 675. The molecule has 0 aromatic carbocycles. The van der Waals surface area contributed by atoms with Crippen LogP contribution in [0, 0.1) is 6.92 Å². The molecule has 3 heterocycles. The molecular formula is C15H16F3N5. The van der Waals surface area contributed by atoms with Crippen molar-refractivity contribution in [2.24, 2.45) is 0 Å². The Balaban J connectivity index is 2.00. The fourth-order valence-electron chi connectivity index (χ4n) is 2.75. The monoisotopic (exact) mass is 323 g/mol. The summed E-state index contributed by atoms with van der Waals surface area (Å²) in [7, 11) is 0. The minimum atomic E-state index is -4.49. The van der Waals surface area contributed by atoms with Gasteiger partial charge >= 0.3 is 6.18 Å². The normalized spacial score (nSPS) is 19.0. The van der Waals surface area contributed by atoms with Crippen LogP contribution in [0.2, 0.25) is 0 Å². The molecule has 1 fully saturated rings. The van der Waals surface area contributed by atoms with Crippen molar-refractivity contribution < 1.29 is 13.2 Å². The van der Waals surface area contributed by atoms with E-state index < -0.39 is 11.9 Å². The Morgan fingerprint density at radius 2 is 1.87 bits per heavy atom. The first kappa shape index (κ1) is 15.6. The molecular weight excluding hydrogens is 307 g/mol. The van der Waals surface area contributed by atoms with Crippen molar-refractivity contribution in [3.8, 4) is 0 Å². The number of anilines is 1. The Morgan fingerprint density at radius 3 is 2.57 bits per heavy atom. The summed E-state index contributed by atoms with van der Waals surface area (Å²) in [5.74, 6) is 0.681. The van der Waals surface area contributed by atoms with Crippen LogP contribution in [-0.4, -0.2) is 26.5 Å². The highest BCUT2D eigenvalue weighted by molar-refractivity contribution is 5.36. The fraction of sp³-hybridized carbons (Fsp3) is 0.467. The summed E-state index contributed by atoms with van der Waals surface area (Å²) in [5, 5.41) is 0. The van der Waals surface area contributed by atoms with Crippen LogP contribution in [0.3, 0.4) is 0 Å². The molecule has 2 aromatic heterocycles. The van der Waals surface area contributed by atoms with E-state index in [0.717, 1.165) is 25.3 Å². The zero-order valence-corrected chi connectivity index (χ0v) is 12.6. The summed E-state index contributed by atoms with van der Waals surface area (Å²) >= 11 is 0.